The highest BCUT2D eigenvalue weighted by atomic mass is 16.5. The molecule has 19 heavy (non-hydrogen) atoms. The fourth-order valence-corrected chi connectivity index (χ4v) is 3.08. The predicted molar refractivity (Wildman–Crippen MR) is 80.7 cm³/mol. The molecule has 1 aromatic rings. The summed E-state index contributed by atoms with van der Waals surface area (Å²) in [4.78, 5) is 0. The van der Waals surface area contributed by atoms with E-state index in [2.05, 4.69) is 39.0 Å². The first-order valence-corrected chi connectivity index (χ1v) is 7.28. The second-order valence-electron chi connectivity index (χ2n) is 7.11. The van der Waals surface area contributed by atoms with Gasteiger partial charge in [0, 0.05) is 17.5 Å². The Balaban J connectivity index is 2.37. The van der Waals surface area contributed by atoms with Crippen molar-refractivity contribution in [1.29, 1.82) is 0 Å². The van der Waals surface area contributed by atoms with Gasteiger partial charge in [0.2, 0.25) is 0 Å². The number of ether oxygens (including phenoxy) is 1. The van der Waals surface area contributed by atoms with E-state index < -0.39 is 0 Å². The van der Waals surface area contributed by atoms with Gasteiger partial charge in [0.1, 0.15) is 5.75 Å². The van der Waals surface area contributed by atoms with Crippen LogP contribution >= 0.6 is 0 Å². The molecule has 0 bridgehead atoms. The molecule has 0 heterocycles. The average Bonchev–Trinajstić information content (AvgIpc) is 2.26. The monoisotopic (exact) mass is 261 g/mol. The lowest BCUT2D eigenvalue weighted by Gasteiger charge is -2.42. The molecule has 0 unspecified atom stereocenters. The van der Waals surface area contributed by atoms with E-state index in [4.69, 9.17) is 10.5 Å². The number of nitrogens with two attached hydrogens (primary N) is 1. The smallest absolute Gasteiger partial charge is 0.122 e. The Hall–Kier alpha value is -1.02. The minimum atomic E-state index is 0.166. The Morgan fingerprint density at radius 2 is 1.95 bits per heavy atom. The second-order valence-corrected chi connectivity index (χ2v) is 7.11. The summed E-state index contributed by atoms with van der Waals surface area (Å²) in [6.07, 6.45) is 4.76. The van der Waals surface area contributed by atoms with Gasteiger partial charge in [-0.25, -0.2) is 0 Å². The molecule has 1 aromatic carbocycles. The molecule has 0 radical (unpaired) electrons. The molecule has 0 aliphatic heterocycles. The van der Waals surface area contributed by atoms with Gasteiger partial charge in [-0.1, -0.05) is 39.3 Å². The quantitative estimate of drug-likeness (QED) is 0.897. The van der Waals surface area contributed by atoms with E-state index >= 15 is 0 Å². The third-order valence-electron chi connectivity index (χ3n) is 4.27. The van der Waals surface area contributed by atoms with Crippen molar-refractivity contribution in [3.8, 4) is 5.75 Å². The largest absolute Gasteiger partial charge is 0.496 e. The summed E-state index contributed by atoms with van der Waals surface area (Å²) >= 11 is 0. The lowest BCUT2D eigenvalue weighted by molar-refractivity contribution is 0.243. The van der Waals surface area contributed by atoms with Crippen LogP contribution in [0, 0.1) is 5.41 Å². The van der Waals surface area contributed by atoms with Crippen LogP contribution < -0.4 is 10.5 Å². The summed E-state index contributed by atoms with van der Waals surface area (Å²) in [5.74, 6) is 1.00. The first-order chi connectivity index (χ1) is 8.90. The molecular weight excluding hydrogens is 234 g/mol. The van der Waals surface area contributed by atoms with E-state index in [1.807, 2.05) is 0 Å². The third kappa shape index (κ3) is 2.94. The molecule has 2 rings (SSSR count). The van der Waals surface area contributed by atoms with Crippen molar-refractivity contribution in [3.63, 3.8) is 0 Å². The number of rotatable bonds is 4. The minimum absolute atomic E-state index is 0.166. The summed E-state index contributed by atoms with van der Waals surface area (Å²) < 4.78 is 5.56. The summed E-state index contributed by atoms with van der Waals surface area (Å²) in [7, 11) is 1.76. The van der Waals surface area contributed by atoms with Gasteiger partial charge < -0.3 is 10.5 Å². The van der Waals surface area contributed by atoms with Crippen molar-refractivity contribution >= 4 is 0 Å². The van der Waals surface area contributed by atoms with Crippen LogP contribution in [0.1, 0.15) is 51.2 Å². The van der Waals surface area contributed by atoms with E-state index in [1.165, 1.54) is 30.4 Å². The van der Waals surface area contributed by atoms with Gasteiger partial charge in [-0.15, -0.1) is 0 Å². The summed E-state index contributed by atoms with van der Waals surface area (Å²) in [5, 5.41) is 0. The zero-order valence-corrected chi connectivity index (χ0v) is 12.8. The Morgan fingerprint density at radius 3 is 2.37 bits per heavy atom. The van der Waals surface area contributed by atoms with E-state index in [0.29, 0.717) is 5.41 Å². The molecule has 106 valence electrons. The van der Waals surface area contributed by atoms with Crippen LogP contribution in [-0.4, -0.2) is 13.7 Å². The van der Waals surface area contributed by atoms with E-state index in [1.54, 1.807) is 7.11 Å². The van der Waals surface area contributed by atoms with Gasteiger partial charge >= 0.3 is 0 Å². The lowest BCUT2D eigenvalue weighted by Crippen LogP contribution is -2.41. The molecule has 1 saturated carbocycles. The molecule has 0 spiro atoms. The SMILES string of the molecule is COc1ccc(CC(C)(C)C)cc1C1(CN)CCC1. The summed E-state index contributed by atoms with van der Waals surface area (Å²) in [5.41, 5.74) is 9.24. The fourth-order valence-electron chi connectivity index (χ4n) is 3.08. The van der Waals surface area contributed by atoms with Crippen molar-refractivity contribution < 1.29 is 4.74 Å². The maximum Gasteiger partial charge on any atom is 0.122 e. The normalized spacial score (nSPS) is 17.9. The number of benzene rings is 1. The second kappa shape index (κ2) is 5.16. The van der Waals surface area contributed by atoms with Crippen LogP contribution in [0.4, 0.5) is 0 Å². The topological polar surface area (TPSA) is 35.2 Å². The highest BCUT2D eigenvalue weighted by Crippen LogP contribution is 2.46. The van der Waals surface area contributed by atoms with Crippen LogP contribution in [-0.2, 0) is 11.8 Å². The van der Waals surface area contributed by atoms with Crippen molar-refractivity contribution in [1.82, 2.24) is 0 Å². The van der Waals surface area contributed by atoms with Crippen LogP contribution in [0.3, 0.4) is 0 Å². The van der Waals surface area contributed by atoms with Gasteiger partial charge in [-0.05, 0) is 36.3 Å². The molecule has 0 atom stereocenters. The Kier molecular flexibility index (Phi) is 3.91. The van der Waals surface area contributed by atoms with E-state index in [0.717, 1.165) is 18.7 Å². The zero-order chi connectivity index (χ0) is 14.1. The van der Waals surface area contributed by atoms with Crippen LogP contribution in [0.15, 0.2) is 18.2 Å². The van der Waals surface area contributed by atoms with Gasteiger partial charge in [0.25, 0.3) is 0 Å². The number of methoxy groups -OCH3 is 1. The van der Waals surface area contributed by atoms with E-state index in [-0.39, 0.29) is 5.41 Å². The van der Waals surface area contributed by atoms with Crippen LogP contribution in [0.5, 0.6) is 5.75 Å². The minimum Gasteiger partial charge on any atom is -0.496 e. The summed E-state index contributed by atoms with van der Waals surface area (Å²) in [6, 6.07) is 6.64. The molecule has 1 fully saturated rings. The van der Waals surface area contributed by atoms with Gasteiger partial charge in [-0.2, -0.15) is 0 Å². The average molecular weight is 261 g/mol. The maximum absolute atomic E-state index is 6.05. The summed E-state index contributed by atoms with van der Waals surface area (Å²) in [6.45, 7) is 7.55. The predicted octanol–water partition coefficient (Wildman–Crippen LogP) is 3.66. The molecule has 0 aromatic heterocycles. The Morgan fingerprint density at radius 1 is 1.26 bits per heavy atom. The lowest BCUT2D eigenvalue weighted by atomic mass is 9.64. The van der Waals surface area contributed by atoms with E-state index in [9.17, 15) is 0 Å². The molecule has 2 N–H and O–H groups in total. The van der Waals surface area contributed by atoms with Crippen LogP contribution in [0.25, 0.3) is 0 Å². The van der Waals surface area contributed by atoms with Gasteiger partial charge in [0.05, 0.1) is 7.11 Å². The maximum atomic E-state index is 6.05. The number of hydrogen-bond acceptors (Lipinski definition) is 2. The van der Waals surface area contributed by atoms with Crippen LogP contribution in [0.2, 0.25) is 0 Å². The Labute approximate surface area is 117 Å². The first kappa shape index (κ1) is 14.4. The first-order valence-electron chi connectivity index (χ1n) is 7.28. The highest BCUT2D eigenvalue weighted by molar-refractivity contribution is 5.44. The molecule has 0 amide bonds. The Bertz CT molecular complexity index is 436. The molecule has 1 aliphatic rings. The molecular formula is C17H27NO. The van der Waals surface area contributed by atoms with Crippen molar-refractivity contribution in [2.24, 2.45) is 11.1 Å². The standard InChI is InChI=1S/C17H27NO/c1-16(2,3)11-13-6-7-15(19-4)14(10-13)17(12-18)8-5-9-17/h6-7,10H,5,8-9,11-12,18H2,1-4H3. The van der Waals surface area contributed by atoms with Gasteiger partial charge in [-0.3, -0.25) is 0 Å². The van der Waals surface area contributed by atoms with Gasteiger partial charge in [0.15, 0.2) is 0 Å². The molecule has 1 aliphatic carbocycles. The molecule has 2 heteroatoms. The third-order valence-corrected chi connectivity index (χ3v) is 4.27. The zero-order valence-electron chi connectivity index (χ0n) is 12.8. The van der Waals surface area contributed by atoms with Crippen molar-refractivity contribution in [2.45, 2.75) is 51.9 Å². The molecule has 0 saturated heterocycles. The fraction of sp³-hybridized carbons (Fsp3) is 0.647. The number of hydrogen-bond donors (Lipinski definition) is 1. The molecule has 2 nitrogen and oxygen atoms in total. The van der Waals surface area contributed by atoms with Crippen molar-refractivity contribution in [3.05, 3.63) is 29.3 Å². The van der Waals surface area contributed by atoms with Crippen molar-refractivity contribution in [2.75, 3.05) is 13.7 Å². The highest BCUT2D eigenvalue weighted by Gasteiger charge is 2.39.